The van der Waals surface area contributed by atoms with Gasteiger partial charge in [0.2, 0.25) is 0 Å². The lowest BCUT2D eigenvalue weighted by atomic mass is 10.0. The average Bonchev–Trinajstić information content (AvgIpc) is 2.58. The molecule has 0 saturated carbocycles. The van der Waals surface area contributed by atoms with Crippen LogP contribution in [0.4, 0.5) is 0 Å². The Balaban J connectivity index is 2.14. The molecule has 0 aromatic heterocycles. The van der Waals surface area contributed by atoms with Crippen LogP contribution < -0.4 is 0 Å². The Morgan fingerprint density at radius 1 is 1.33 bits per heavy atom. The van der Waals surface area contributed by atoms with Crippen molar-refractivity contribution in [3.05, 3.63) is 46.0 Å². The number of benzene rings is 1. The third-order valence-electron chi connectivity index (χ3n) is 2.71. The van der Waals surface area contributed by atoms with E-state index in [-0.39, 0.29) is 5.78 Å². The van der Waals surface area contributed by atoms with Gasteiger partial charge in [0.15, 0.2) is 5.78 Å². The van der Waals surface area contributed by atoms with Crippen LogP contribution in [0.15, 0.2) is 29.8 Å². The Morgan fingerprint density at radius 3 is 2.73 bits per heavy atom. The first-order valence-corrected chi connectivity index (χ1v) is 5.50. The Labute approximate surface area is 94.8 Å². The Hall–Kier alpha value is -1.08. The first-order chi connectivity index (χ1) is 7.15. The molecule has 0 atom stereocenters. The minimum Gasteiger partial charge on any atom is -0.295 e. The molecule has 0 saturated heterocycles. The smallest absolute Gasteiger partial charge is 0.155 e. The van der Waals surface area contributed by atoms with Gasteiger partial charge >= 0.3 is 0 Å². The van der Waals surface area contributed by atoms with E-state index >= 15 is 0 Å². The molecular formula is C13H13ClO. The van der Waals surface area contributed by atoms with E-state index in [0.717, 1.165) is 23.4 Å². The molecule has 0 heterocycles. The minimum atomic E-state index is 0.260. The summed E-state index contributed by atoms with van der Waals surface area (Å²) in [7, 11) is 0. The van der Waals surface area contributed by atoms with Crippen LogP contribution in [-0.2, 0) is 11.2 Å². The number of carbonyl (C=O) groups is 1. The number of ketones is 1. The van der Waals surface area contributed by atoms with Gasteiger partial charge in [0.05, 0.1) is 0 Å². The summed E-state index contributed by atoms with van der Waals surface area (Å²) in [4.78, 5) is 11.1. The lowest BCUT2D eigenvalue weighted by Gasteiger charge is -2.04. The predicted molar refractivity (Wildman–Crippen MR) is 62.2 cm³/mol. The molecule has 0 radical (unpaired) electrons. The van der Waals surface area contributed by atoms with Crippen molar-refractivity contribution in [1.82, 2.24) is 0 Å². The van der Waals surface area contributed by atoms with Crippen molar-refractivity contribution < 1.29 is 4.79 Å². The van der Waals surface area contributed by atoms with E-state index in [1.165, 1.54) is 11.1 Å². The largest absolute Gasteiger partial charge is 0.295 e. The van der Waals surface area contributed by atoms with Gasteiger partial charge in [-0.2, -0.15) is 0 Å². The summed E-state index contributed by atoms with van der Waals surface area (Å²) in [6.07, 6.45) is 4.26. The van der Waals surface area contributed by atoms with Crippen molar-refractivity contribution in [3.63, 3.8) is 0 Å². The highest BCUT2D eigenvalue weighted by molar-refractivity contribution is 6.31. The maximum Gasteiger partial charge on any atom is 0.155 e. The van der Waals surface area contributed by atoms with Crippen LogP contribution in [-0.4, -0.2) is 5.78 Å². The third kappa shape index (κ3) is 2.48. The van der Waals surface area contributed by atoms with E-state index in [1.807, 2.05) is 19.1 Å². The highest BCUT2D eigenvalue weighted by Gasteiger charge is 2.12. The zero-order chi connectivity index (χ0) is 10.8. The molecule has 2 rings (SSSR count). The van der Waals surface area contributed by atoms with Gasteiger partial charge < -0.3 is 0 Å². The molecule has 0 unspecified atom stereocenters. The van der Waals surface area contributed by atoms with E-state index in [9.17, 15) is 4.79 Å². The second-order valence-electron chi connectivity index (χ2n) is 4.03. The number of allylic oxidation sites excluding steroid dienone is 2. The molecule has 1 nitrogen and oxygen atoms in total. The maximum absolute atomic E-state index is 11.1. The van der Waals surface area contributed by atoms with Crippen molar-refractivity contribution >= 4 is 17.4 Å². The van der Waals surface area contributed by atoms with Crippen molar-refractivity contribution in [2.75, 3.05) is 0 Å². The molecule has 0 aliphatic heterocycles. The molecule has 1 aromatic carbocycles. The van der Waals surface area contributed by atoms with Crippen LogP contribution in [0.2, 0.25) is 5.02 Å². The average molecular weight is 221 g/mol. The van der Waals surface area contributed by atoms with Gasteiger partial charge in [0.25, 0.3) is 0 Å². The Bertz CT molecular complexity index is 432. The molecule has 78 valence electrons. The lowest BCUT2D eigenvalue weighted by molar-refractivity contribution is -0.114. The molecular weight excluding hydrogens is 208 g/mol. The van der Waals surface area contributed by atoms with Crippen LogP contribution in [0.5, 0.6) is 0 Å². The van der Waals surface area contributed by atoms with E-state index in [1.54, 1.807) is 6.08 Å². The fourth-order valence-electron chi connectivity index (χ4n) is 1.87. The van der Waals surface area contributed by atoms with Gasteiger partial charge in [-0.1, -0.05) is 29.3 Å². The molecule has 15 heavy (non-hydrogen) atoms. The summed E-state index contributed by atoms with van der Waals surface area (Å²) in [5.74, 6) is 0.260. The molecule has 0 fully saturated rings. The zero-order valence-corrected chi connectivity index (χ0v) is 9.47. The molecule has 0 N–H and O–H groups in total. The molecule has 0 bridgehead atoms. The van der Waals surface area contributed by atoms with E-state index in [0.29, 0.717) is 6.42 Å². The highest BCUT2D eigenvalue weighted by atomic mass is 35.5. The fourth-order valence-corrected chi connectivity index (χ4v) is 1.99. The van der Waals surface area contributed by atoms with Gasteiger partial charge in [0.1, 0.15) is 0 Å². The normalized spacial score (nSPS) is 15.6. The molecule has 1 aliphatic rings. The second kappa shape index (κ2) is 4.19. The van der Waals surface area contributed by atoms with Crippen LogP contribution >= 0.6 is 11.6 Å². The fraction of sp³-hybridized carbons (Fsp3) is 0.308. The predicted octanol–water partition coefficient (Wildman–Crippen LogP) is 3.48. The quantitative estimate of drug-likeness (QED) is 0.746. The van der Waals surface area contributed by atoms with Crippen molar-refractivity contribution in [3.8, 4) is 0 Å². The lowest BCUT2D eigenvalue weighted by Crippen LogP contribution is -1.89. The zero-order valence-electron chi connectivity index (χ0n) is 8.72. The van der Waals surface area contributed by atoms with E-state index in [4.69, 9.17) is 11.6 Å². The van der Waals surface area contributed by atoms with Gasteiger partial charge in [-0.25, -0.2) is 0 Å². The number of rotatable bonds is 2. The summed E-state index contributed by atoms with van der Waals surface area (Å²) < 4.78 is 0. The Morgan fingerprint density at radius 2 is 2.13 bits per heavy atom. The van der Waals surface area contributed by atoms with Crippen molar-refractivity contribution in [1.29, 1.82) is 0 Å². The maximum atomic E-state index is 11.1. The SMILES string of the molecule is Cc1cc(CC2=CC(=O)CC2)ccc1Cl. The highest BCUT2D eigenvalue weighted by Crippen LogP contribution is 2.22. The summed E-state index contributed by atoms with van der Waals surface area (Å²) in [5, 5.41) is 0.801. The van der Waals surface area contributed by atoms with Crippen LogP contribution in [0.25, 0.3) is 0 Å². The summed E-state index contributed by atoms with van der Waals surface area (Å²) in [6.45, 7) is 2.00. The first kappa shape index (κ1) is 10.4. The molecule has 1 aromatic rings. The van der Waals surface area contributed by atoms with Crippen molar-refractivity contribution in [2.45, 2.75) is 26.2 Å². The second-order valence-corrected chi connectivity index (χ2v) is 4.44. The summed E-state index contributed by atoms with van der Waals surface area (Å²) in [6, 6.07) is 6.04. The summed E-state index contributed by atoms with van der Waals surface area (Å²) >= 11 is 5.95. The van der Waals surface area contributed by atoms with E-state index < -0.39 is 0 Å². The monoisotopic (exact) mass is 220 g/mol. The number of aryl methyl sites for hydroxylation is 1. The number of halogens is 1. The van der Waals surface area contributed by atoms with E-state index in [2.05, 4.69) is 6.07 Å². The van der Waals surface area contributed by atoms with Gasteiger partial charge in [-0.05, 0) is 43.0 Å². The van der Waals surface area contributed by atoms with Crippen molar-refractivity contribution in [2.24, 2.45) is 0 Å². The minimum absolute atomic E-state index is 0.260. The Kier molecular flexibility index (Phi) is 2.92. The standard InChI is InChI=1S/C13H13ClO/c1-9-6-10(3-5-13(9)14)7-11-2-4-12(15)8-11/h3,5-6,8H,2,4,7H2,1H3. The van der Waals surface area contributed by atoms with Crippen LogP contribution in [0.3, 0.4) is 0 Å². The molecule has 0 amide bonds. The van der Waals surface area contributed by atoms with Gasteiger partial charge in [0, 0.05) is 11.4 Å². The van der Waals surface area contributed by atoms with Crippen LogP contribution in [0.1, 0.15) is 24.0 Å². The van der Waals surface area contributed by atoms with Crippen LogP contribution in [0, 0.1) is 6.92 Å². The number of hydrogen-bond donors (Lipinski definition) is 0. The molecule has 2 heteroatoms. The topological polar surface area (TPSA) is 17.1 Å². The molecule has 1 aliphatic carbocycles. The summed E-state index contributed by atoms with van der Waals surface area (Å²) in [5.41, 5.74) is 3.57. The first-order valence-electron chi connectivity index (χ1n) is 5.12. The number of carbonyl (C=O) groups excluding carboxylic acids is 1. The third-order valence-corrected chi connectivity index (χ3v) is 3.14. The number of hydrogen-bond acceptors (Lipinski definition) is 1. The van der Waals surface area contributed by atoms with Gasteiger partial charge in [-0.3, -0.25) is 4.79 Å². The van der Waals surface area contributed by atoms with Gasteiger partial charge in [-0.15, -0.1) is 0 Å². The molecule has 0 spiro atoms.